The molecular weight excluding hydrogens is 372 g/mol. The van der Waals surface area contributed by atoms with Gasteiger partial charge in [0.15, 0.2) is 17.3 Å². The molecular formula is C22H30N2O5. The first kappa shape index (κ1) is 21.3. The van der Waals surface area contributed by atoms with Crippen LogP contribution in [0.4, 0.5) is 0 Å². The van der Waals surface area contributed by atoms with Gasteiger partial charge in [0.1, 0.15) is 0 Å². The third kappa shape index (κ3) is 4.29. The van der Waals surface area contributed by atoms with Crippen molar-refractivity contribution in [3.8, 4) is 11.6 Å². The van der Waals surface area contributed by atoms with Crippen LogP contribution in [0.2, 0.25) is 0 Å². The maximum absolute atomic E-state index is 12.6. The molecule has 0 fully saturated rings. The number of carbonyl (C=O) groups excluding carboxylic acids is 2. The third-order valence-corrected chi connectivity index (χ3v) is 5.60. The summed E-state index contributed by atoms with van der Waals surface area (Å²) in [6.45, 7) is 6.89. The molecule has 158 valence electrons. The molecule has 7 nitrogen and oxygen atoms in total. The molecule has 0 N–H and O–H groups in total. The fourth-order valence-electron chi connectivity index (χ4n) is 4.08. The highest BCUT2D eigenvalue weighted by Crippen LogP contribution is 2.43. The number of methoxy groups -OCH3 is 2. The van der Waals surface area contributed by atoms with Gasteiger partial charge in [-0.3, -0.25) is 9.59 Å². The van der Waals surface area contributed by atoms with E-state index in [4.69, 9.17) is 19.2 Å². The van der Waals surface area contributed by atoms with E-state index >= 15 is 0 Å². The van der Waals surface area contributed by atoms with Crippen LogP contribution in [0.15, 0.2) is 17.8 Å². The van der Waals surface area contributed by atoms with Gasteiger partial charge in [0, 0.05) is 38.8 Å². The molecule has 1 aromatic rings. The molecule has 0 saturated heterocycles. The second-order valence-corrected chi connectivity index (χ2v) is 7.94. The topological polar surface area (TPSA) is 78.0 Å². The van der Waals surface area contributed by atoms with Crippen LogP contribution in [0.1, 0.15) is 50.9 Å². The maximum atomic E-state index is 12.6. The number of pyridine rings is 1. The molecule has 0 bridgehead atoms. The van der Waals surface area contributed by atoms with Gasteiger partial charge in [-0.15, -0.1) is 0 Å². The number of carbonyl (C=O) groups is 2. The van der Waals surface area contributed by atoms with Crippen LogP contribution in [0.5, 0.6) is 11.6 Å². The van der Waals surface area contributed by atoms with Gasteiger partial charge in [0.25, 0.3) is 5.88 Å². The van der Waals surface area contributed by atoms with Crippen LogP contribution in [0.25, 0.3) is 0 Å². The SMILES string of the molecule is COCCCOc1cc2c(nc1OC)C1CC(=O)C(C(C)=O)=CN1[C@H](C(C)C)C2. The Hall–Kier alpha value is -2.41. The number of allylic oxidation sites excluding steroid dienone is 1. The number of hydrogen-bond acceptors (Lipinski definition) is 7. The molecule has 3 rings (SSSR count). The average Bonchev–Trinajstić information content (AvgIpc) is 2.69. The number of rotatable bonds is 8. The van der Waals surface area contributed by atoms with Crippen molar-refractivity contribution in [3.05, 3.63) is 29.1 Å². The number of hydrogen-bond donors (Lipinski definition) is 0. The zero-order valence-corrected chi connectivity index (χ0v) is 17.9. The van der Waals surface area contributed by atoms with Crippen molar-refractivity contribution >= 4 is 11.6 Å². The number of aromatic nitrogens is 1. The monoisotopic (exact) mass is 402 g/mol. The van der Waals surface area contributed by atoms with E-state index in [0.717, 1.165) is 24.1 Å². The van der Waals surface area contributed by atoms with Gasteiger partial charge in [-0.25, -0.2) is 4.98 Å². The van der Waals surface area contributed by atoms with E-state index in [2.05, 4.69) is 18.7 Å². The fourth-order valence-corrected chi connectivity index (χ4v) is 4.08. The number of Topliss-reactive ketones (excluding diaryl/α,β-unsaturated/α-hetero) is 2. The van der Waals surface area contributed by atoms with Crippen molar-refractivity contribution in [3.63, 3.8) is 0 Å². The summed E-state index contributed by atoms with van der Waals surface area (Å²) in [5, 5.41) is 0. The summed E-state index contributed by atoms with van der Waals surface area (Å²) >= 11 is 0. The first-order valence-corrected chi connectivity index (χ1v) is 10.1. The molecule has 2 aliphatic heterocycles. The Bertz CT molecular complexity index is 818. The average molecular weight is 402 g/mol. The lowest BCUT2D eigenvalue weighted by Crippen LogP contribution is -2.47. The summed E-state index contributed by atoms with van der Waals surface area (Å²) in [6.07, 6.45) is 3.53. The van der Waals surface area contributed by atoms with E-state index in [1.807, 2.05) is 6.07 Å². The lowest BCUT2D eigenvalue weighted by atomic mass is 9.82. The number of nitrogens with zero attached hydrogens (tertiary/aromatic N) is 2. The van der Waals surface area contributed by atoms with E-state index in [9.17, 15) is 9.59 Å². The summed E-state index contributed by atoms with van der Waals surface area (Å²) in [6, 6.07) is 1.97. The summed E-state index contributed by atoms with van der Waals surface area (Å²) in [5.41, 5.74) is 2.18. The molecule has 1 unspecified atom stereocenters. The maximum Gasteiger partial charge on any atom is 0.257 e. The fraction of sp³-hybridized carbons (Fsp3) is 0.591. The van der Waals surface area contributed by atoms with Crippen LogP contribution in [-0.4, -0.2) is 54.9 Å². The van der Waals surface area contributed by atoms with Crippen molar-refractivity contribution < 1.29 is 23.8 Å². The molecule has 0 aliphatic carbocycles. The Morgan fingerprint density at radius 3 is 2.66 bits per heavy atom. The third-order valence-electron chi connectivity index (χ3n) is 5.60. The molecule has 1 aromatic heterocycles. The highest BCUT2D eigenvalue weighted by Gasteiger charge is 2.41. The van der Waals surface area contributed by atoms with Crippen molar-refractivity contribution in [1.82, 2.24) is 9.88 Å². The van der Waals surface area contributed by atoms with E-state index in [-0.39, 0.29) is 35.6 Å². The minimum atomic E-state index is -0.196. The zero-order valence-electron chi connectivity index (χ0n) is 17.9. The Balaban J connectivity index is 1.99. The highest BCUT2D eigenvalue weighted by atomic mass is 16.5. The van der Waals surface area contributed by atoms with Gasteiger partial charge >= 0.3 is 0 Å². The molecule has 0 aromatic carbocycles. The van der Waals surface area contributed by atoms with Crippen LogP contribution >= 0.6 is 0 Å². The van der Waals surface area contributed by atoms with E-state index in [0.29, 0.717) is 30.8 Å². The van der Waals surface area contributed by atoms with Gasteiger partial charge in [-0.05, 0) is 30.9 Å². The second-order valence-electron chi connectivity index (χ2n) is 7.94. The van der Waals surface area contributed by atoms with Gasteiger partial charge in [-0.2, -0.15) is 0 Å². The van der Waals surface area contributed by atoms with Crippen molar-refractivity contribution in [1.29, 1.82) is 0 Å². The van der Waals surface area contributed by atoms with Crippen molar-refractivity contribution in [2.75, 3.05) is 27.4 Å². The van der Waals surface area contributed by atoms with E-state index in [1.165, 1.54) is 6.92 Å². The molecule has 7 heteroatoms. The summed E-state index contributed by atoms with van der Waals surface area (Å²) in [4.78, 5) is 31.4. The summed E-state index contributed by atoms with van der Waals surface area (Å²) in [7, 11) is 3.23. The Morgan fingerprint density at radius 2 is 2.03 bits per heavy atom. The van der Waals surface area contributed by atoms with Crippen molar-refractivity contribution in [2.24, 2.45) is 5.92 Å². The predicted molar refractivity (Wildman–Crippen MR) is 108 cm³/mol. The van der Waals surface area contributed by atoms with Gasteiger partial charge < -0.3 is 19.1 Å². The summed E-state index contributed by atoms with van der Waals surface area (Å²) in [5.74, 6) is 1.05. The lowest BCUT2D eigenvalue weighted by molar-refractivity contribution is -0.122. The zero-order chi connectivity index (χ0) is 21.1. The van der Waals surface area contributed by atoms with Crippen molar-refractivity contribution in [2.45, 2.75) is 52.1 Å². The van der Waals surface area contributed by atoms with Crippen LogP contribution in [0.3, 0.4) is 0 Å². The number of ketones is 2. The minimum absolute atomic E-state index is 0.130. The van der Waals surface area contributed by atoms with Crippen LogP contribution in [0, 0.1) is 5.92 Å². The van der Waals surface area contributed by atoms with E-state index < -0.39 is 0 Å². The minimum Gasteiger partial charge on any atom is -0.488 e. The van der Waals surface area contributed by atoms with Gasteiger partial charge in [0.2, 0.25) is 0 Å². The smallest absolute Gasteiger partial charge is 0.257 e. The standard InChI is InChI=1S/C22H30N2O5/c1-13(2)17-9-15-10-20(29-8-6-7-27-4)22(28-5)23-21(15)18-11-19(26)16(14(3)25)12-24(17)18/h10,12-13,17-18H,6-9,11H2,1-5H3/t17-,18?/m0/s1. The molecule has 0 saturated carbocycles. The molecule has 3 heterocycles. The number of ether oxygens (including phenoxy) is 3. The van der Waals surface area contributed by atoms with Crippen LogP contribution in [-0.2, 0) is 20.7 Å². The molecule has 2 atom stereocenters. The molecule has 0 amide bonds. The first-order valence-electron chi connectivity index (χ1n) is 10.1. The normalized spacial score (nSPS) is 20.8. The van der Waals surface area contributed by atoms with Gasteiger partial charge in [0.05, 0.1) is 31.0 Å². The van der Waals surface area contributed by atoms with Crippen LogP contribution < -0.4 is 9.47 Å². The van der Waals surface area contributed by atoms with E-state index in [1.54, 1.807) is 20.4 Å². The Morgan fingerprint density at radius 1 is 1.28 bits per heavy atom. The first-order chi connectivity index (χ1) is 13.9. The molecule has 2 aliphatic rings. The molecule has 29 heavy (non-hydrogen) atoms. The molecule has 0 radical (unpaired) electrons. The Kier molecular flexibility index (Phi) is 6.57. The Labute approximate surface area is 172 Å². The lowest BCUT2D eigenvalue weighted by Gasteiger charge is -2.46. The van der Waals surface area contributed by atoms with Gasteiger partial charge in [-0.1, -0.05) is 13.8 Å². The predicted octanol–water partition coefficient (Wildman–Crippen LogP) is 2.88. The number of fused-ring (bicyclic) bond motifs is 3. The largest absolute Gasteiger partial charge is 0.488 e. The second kappa shape index (κ2) is 8.95. The summed E-state index contributed by atoms with van der Waals surface area (Å²) < 4.78 is 16.4. The highest BCUT2D eigenvalue weighted by molar-refractivity contribution is 6.19. The molecule has 0 spiro atoms. The quantitative estimate of drug-likeness (QED) is 0.489.